The second kappa shape index (κ2) is 6.02. The number of hydrogen-bond acceptors (Lipinski definition) is 6. The molecule has 1 amide bonds. The van der Waals surface area contributed by atoms with Crippen molar-refractivity contribution in [1.29, 1.82) is 5.26 Å². The highest BCUT2D eigenvalue weighted by molar-refractivity contribution is 7.22. The Morgan fingerprint density at radius 3 is 3.04 bits per heavy atom. The number of aromatic nitrogens is 2. The van der Waals surface area contributed by atoms with Gasteiger partial charge >= 0.3 is 0 Å². The lowest BCUT2D eigenvalue weighted by Crippen LogP contribution is -2.34. The van der Waals surface area contributed by atoms with Crippen LogP contribution in [0.5, 0.6) is 0 Å². The number of aryl methyl sites for hydroxylation is 1. The quantitative estimate of drug-likeness (QED) is 0.928. The largest absolute Gasteiger partial charge is 0.347 e. The topological polar surface area (TPSA) is 81.9 Å². The van der Waals surface area contributed by atoms with Crippen molar-refractivity contribution in [1.82, 2.24) is 9.97 Å². The van der Waals surface area contributed by atoms with Gasteiger partial charge in [-0.1, -0.05) is 11.3 Å². The van der Waals surface area contributed by atoms with Gasteiger partial charge in [0, 0.05) is 25.2 Å². The number of rotatable bonds is 3. The molecule has 124 valence electrons. The monoisotopic (exact) mass is 341 g/mol. The molecule has 1 N–H and O–H groups in total. The fourth-order valence-corrected chi connectivity index (χ4v) is 4.18. The number of anilines is 2. The van der Waals surface area contributed by atoms with Gasteiger partial charge < -0.3 is 10.2 Å². The van der Waals surface area contributed by atoms with Crippen LogP contribution in [-0.4, -0.2) is 29.0 Å². The molecule has 2 aliphatic rings. The van der Waals surface area contributed by atoms with E-state index in [9.17, 15) is 10.1 Å². The molecule has 1 aliphatic heterocycles. The molecule has 24 heavy (non-hydrogen) atoms. The molecule has 1 saturated heterocycles. The zero-order valence-corrected chi connectivity index (χ0v) is 14.4. The van der Waals surface area contributed by atoms with Gasteiger partial charge in [-0.2, -0.15) is 5.26 Å². The minimum absolute atomic E-state index is 0.0603. The Labute approximate surface area is 144 Å². The van der Waals surface area contributed by atoms with Gasteiger partial charge in [-0.3, -0.25) is 4.79 Å². The van der Waals surface area contributed by atoms with Gasteiger partial charge in [0.1, 0.15) is 0 Å². The normalized spacial score (nSPS) is 20.8. The van der Waals surface area contributed by atoms with Crippen molar-refractivity contribution in [2.75, 3.05) is 23.3 Å². The summed E-state index contributed by atoms with van der Waals surface area (Å²) in [5.41, 5.74) is 1.90. The SMILES string of the molecule is Cc1cnc(NC(=O)C2CC2)c2sc(N3CCCC(C#N)C3)nc12. The number of carbonyl (C=O) groups excluding carboxylic acids is 1. The summed E-state index contributed by atoms with van der Waals surface area (Å²) in [6, 6.07) is 2.37. The predicted molar refractivity (Wildman–Crippen MR) is 94.1 cm³/mol. The number of fused-ring (bicyclic) bond motifs is 1. The third-order valence-corrected chi connectivity index (χ3v) is 5.78. The van der Waals surface area contributed by atoms with Crippen LogP contribution < -0.4 is 10.2 Å². The lowest BCUT2D eigenvalue weighted by atomic mass is 10.0. The summed E-state index contributed by atoms with van der Waals surface area (Å²) < 4.78 is 0.929. The fraction of sp³-hybridized carbons (Fsp3) is 0.529. The summed E-state index contributed by atoms with van der Waals surface area (Å²) in [5.74, 6) is 0.892. The van der Waals surface area contributed by atoms with Gasteiger partial charge in [0.25, 0.3) is 0 Å². The van der Waals surface area contributed by atoms with E-state index >= 15 is 0 Å². The number of nitriles is 1. The van der Waals surface area contributed by atoms with Gasteiger partial charge in [-0.25, -0.2) is 9.97 Å². The Balaban J connectivity index is 1.67. The van der Waals surface area contributed by atoms with E-state index in [0.29, 0.717) is 5.82 Å². The molecule has 0 spiro atoms. The van der Waals surface area contributed by atoms with Crippen molar-refractivity contribution in [3.05, 3.63) is 11.8 Å². The van der Waals surface area contributed by atoms with Crippen LogP contribution in [0.15, 0.2) is 6.20 Å². The molecule has 3 heterocycles. The smallest absolute Gasteiger partial charge is 0.228 e. The summed E-state index contributed by atoms with van der Waals surface area (Å²) in [6.07, 6.45) is 5.68. The van der Waals surface area contributed by atoms with Crippen molar-refractivity contribution in [2.24, 2.45) is 11.8 Å². The molecule has 1 saturated carbocycles. The molecule has 0 aromatic carbocycles. The number of nitrogens with one attached hydrogen (secondary N) is 1. The molecule has 4 rings (SSSR count). The maximum atomic E-state index is 12.1. The first kappa shape index (κ1) is 15.3. The minimum Gasteiger partial charge on any atom is -0.347 e. The Morgan fingerprint density at radius 2 is 2.29 bits per heavy atom. The molecular weight excluding hydrogens is 322 g/mol. The van der Waals surface area contributed by atoms with Crippen molar-refractivity contribution in [3.8, 4) is 6.07 Å². The van der Waals surface area contributed by atoms with E-state index in [0.717, 1.165) is 59.7 Å². The molecule has 7 heteroatoms. The zero-order valence-electron chi connectivity index (χ0n) is 13.6. The third-order valence-electron chi connectivity index (χ3n) is 4.66. The number of carbonyl (C=O) groups is 1. The first-order chi connectivity index (χ1) is 11.7. The molecule has 1 atom stereocenters. The van der Waals surface area contributed by atoms with Crippen LogP contribution in [0.4, 0.5) is 10.9 Å². The van der Waals surface area contributed by atoms with Crippen LogP contribution in [-0.2, 0) is 4.79 Å². The molecule has 6 nitrogen and oxygen atoms in total. The highest BCUT2D eigenvalue weighted by atomic mass is 32.1. The zero-order chi connectivity index (χ0) is 16.7. The molecular formula is C17H19N5OS. The number of amides is 1. The van der Waals surface area contributed by atoms with Gasteiger partial charge in [-0.15, -0.1) is 0 Å². The van der Waals surface area contributed by atoms with Gasteiger partial charge in [0.2, 0.25) is 5.91 Å². The van der Waals surface area contributed by atoms with E-state index in [1.807, 2.05) is 6.92 Å². The highest BCUT2D eigenvalue weighted by Crippen LogP contribution is 2.37. The van der Waals surface area contributed by atoms with Crippen molar-refractivity contribution < 1.29 is 4.79 Å². The molecule has 2 fully saturated rings. The van der Waals surface area contributed by atoms with Crippen LogP contribution in [0.25, 0.3) is 10.2 Å². The van der Waals surface area contributed by atoms with Crippen molar-refractivity contribution in [3.63, 3.8) is 0 Å². The van der Waals surface area contributed by atoms with E-state index in [2.05, 4.69) is 21.3 Å². The Hall–Kier alpha value is -2.20. The standard InChI is InChI=1S/C17H19N5OS/c1-10-8-19-15(21-16(23)12-4-5-12)14-13(10)20-17(24-14)22-6-2-3-11(7-18)9-22/h8,11-12H,2-6,9H2,1H3,(H,19,21,23). The third kappa shape index (κ3) is 2.82. The molecule has 2 aromatic rings. The number of nitrogens with zero attached hydrogens (tertiary/aromatic N) is 4. The first-order valence-electron chi connectivity index (χ1n) is 8.37. The van der Waals surface area contributed by atoms with Crippen molar-refractivity contribution in [2.45, 2.75) is 32.6 Å². The highest BCUT2D eigenvalue weighted by Gasteiger charge is 2.30. The summed E-state index contributed by atoms with van der Waals surface area (Å²) in [5, 5.41) is 13.1. The summed E-state index contributed by atoms with van der Waals surface area (Å²) in [4.78, 5) is 23.5. The van der Waals surface area contributed by atoms with Gasteiger partial charge in [0.15, 0.2) is 10.9 Å². The molecule has 0 radical (unpaired) electrons. The minimum atomic E-state index is 0.0603. The molecule has 2 aromatic heterocycles. The Bertz CT molecular complexity index is 835. The number of hydrogen-bond donors (Lipinski definition) is 1. The predicted octanol–water partition coefficient (Wildman–Crippen LogP) is 3.09. The van der Waals surface area contributed by atoms with Gasteiger partial charge in [0.05, 0.1) is 22.2 Å². The second-order valence-corrected chi connectivity index (χ2v) is 7.62. The number of pyridine rings is 1. The van der Waals surface area contributed by atoms with Crippen LogP contribution >= 0.6 is 11.3 Å². The Kier molecular flexibility index (Phi) is 3.85. The second-order valence-electron chi connectivity index (χ2n) is 6.64. The Morgan fingerprint density at radius 1 is 1.46 bits per heavy atom. The maximum Gasteiger partial charge on any atom is 0.228 e. The first-order valence-corrected chi connectivity index (χ1v) is 9.19. The molecule has 1 aliphatic carbocycles. The van der Waals surface area contributed by atoms with E-state index in [1.54, 1.807) is 17.5 Å². The molecule has 1 unspecified atom stereocenters. The number of piperidine rings is 1. The maximum absolute atomic E-state index is 12.1. The van der Waals surface area contributed by atoms with E-state index in [1.165, 1.54) is 0 Å². The van der Waals surface area contributed by atoms with Gasteiger partial charge in [-0.05, 0) is 38.2 Å². The lowest BCUT2D eigenvalue weighted by molar-refractivity contribution is -0.117. The summed E-state index contributed by atoms with van der Waals surface area (Å²) >= 11 is 1.56. The van der Waals surface area contributed by atoms with E-state index in [4.69, 9.17) is 4.98 Å². The van der Waals surface area contributed by atoms with Crippen LogP contribution in [0.1, 0.15) is 31.2 Å². The van der Waals surface area contributed by atoms with Crippen LogP contribution in [0, 0.1) is 30.1 Å². The average molecular weight is 341 g/mol. The van der Waals surface area contributed by atoms with Crippen molar-refractivity contribution >= 4 is 38.4 Å². The summed E-state index contributed by atoms with van der Waals surface area (Å²) in [7, 11) is 0. The summed E-state index contributed by atoms with van der Waals surface area (Å²) in [6.45, 7) is 3.64. The van der Waals surface area contributed by atoms with Crippen LogP contribution in [0.2, 0.25) is 0 Å². The lowest BCUT2D eigenvalue weighted by Gasteiger charge is -2.28. The molecule has 0 bridgehead atoms. The number of thiazole rings is 1. The van der Waals surface area contributed by atoms with Crippen LogP contribution in [0.3, 0.4) is 0 Å². The fourth-order valence-electron chi connectivity index (χ4n) is 3.06. The average Bonchev–Trinajstić information content (AvgIpc) is 3.35. The van der Waals surface area contributed by atoms with E-state index in [-0.39, 0.29) is 17.7 Å². The van der Waals surface area contributed by atoms with E-state index < -0.39 is 0 Å².